The van der Waals surface area contributed by atoms with Gasteiger partial charge in [0.25, 0.3) is 11.3 Å². The van der Waals surface area contributed by atoms with Gasteiger partial charge in [0.15, 0.2) is 0 Å². The Hall–Kier alpha value is -2.15. The van der Waals surface area contributed by atoms with E-state index in [-0.39, 0.29) is 0 Å². The zero-order chi connectivity index (χ0) is 41.8. The average molecular weight is 846 g/mol. The van der Waals surface area contributed by atoms with Crippen LogP contribution in [0.25, 0.3) is 0 Å². The van der Waals surface area contributed by atoms with Gasteiger partial charge in [0.05, 0.1) is 19.3 Å². The summed E-state index contributed by atoms with van der Waals surface area (Å²) in [6.45, 7) is 0. The number of alkyl halides is 29. The van der Waals surface area contributed by atoms with Crippen molar-refractivity contribution in [2.45, 2.75) is 120 Å². The molecule has 0 aliphatic carbocycles. The molecule has 3 nitrogen and oxygen atoms in total. The van der Waals surface area contributed by atoms with Crippen LogP contribution in [0.5, 0.6) is 0 Å². The lowest BCUT2D eigenvalue weighted by molar-refractivity contribution is -0.428. The van der Waals surface area contributed by atoms with Gasteiger partial charge in [-0.3, -0.25) is 14.2 Å². The molecule has 3 heterocycles. The summed E-state index contributed by atoms with van der Waals surface area (Å²) in [5.41, 5.74) is -23.2. The molecule has 32 heteroatoms. The maximum absolute atomic E-state index is 15.6. The van der Waals surface area contributed by atoms with Crippen LogP contribution in [0.15, 0.2) is 0 Å². The highest BCUT2D eigenvalue weighted by molar-refractivity contribution is 5.26. The highest BCUT2D eigenvalue weighted by Gasteiger charge is 3.00. The van der Waals surface area contributed by atoms with E-state index in [4.69, 9.17) is 0 Å². The van der Waals surface area contributed by atoms with E-state index < -0.39 is 120 Å². The first-order valence-corrected chi connectivity index (χ1v) is 12.2. The molecule has 3 fully saturated rings. The quantitative estimate of drug-likeness (QED) is 0.228. The Morgan fingerprint density at radius 1 is 0.423 bits per heavy atom. The monoisotopic (exact) mass is 846 g/mol. The summed E-state index contributed by atoms with van der Waals surface area (Å²) < 4.78 is 414. The van der Waals surface area contributed by atoms with Crippen molar-refractivity contribution in [1.82, 2.24) is 0 Å². The van der Waals surface area contributed by atoms with Gasteiger partial charge in [0, 0.05) is 0 Å². The van der Waals surface area contributed by atoms with Crippen LogP contribution in [0.4, 0.5) is 127 Å². The summed E-state index contributed by atoms with van der Waals surface area (Å²) in [6.07, 6.45) is -58.7. The minimum Gasteiger partial charge on any atom is -0.271 e. The maximum Gasteiger partial charge on any atom is 0.459 e. The summed E-state index contributed by atoms with van der Waals surface area (Å²) >= 11 is 0. The Morgan fingerprint density at radius 2 is 0.750 bits per heavy atom. The molecule has 0 saturated carbocycles. The van der Waals surface area contributed by atoms with E-state index in [1.807, 2.05) is 14.2 Å². The van der Waals surface area contributed by atoms with Gasteiger partial charge >= 0.3 is 77.9 Å². The molecule has 0 spiro atoms. The van der Waals surface area contributed by atoms with Gasteiger partial charge < -0.3 is 0 Å². The summed E-state index contributed by atoms with van der Waals surface area (Å²) in [4.78, 5) is 0. The molecular weight excluding hydrogens is 839 g/mol. The highest BCUT2D eigenvalue weighted by atomic mass is 19.4. The van der Waals surface area contributed by atoms with Crippen LogP contribution in [-0.4, -0.2) is 101 Å². The standard InChI is InChI=1S/C20H7F29O3/c21-4-5(22,15(40,50-11(4,32)33)14(38,39)18(43,44)45)1-8(25,26)16(41)6(23,12(34,35)19(46,47)51-16)2-9(27,28)17(42)7(24,3-10(29,30)31)13(36,37)20(48,49)52-17/h4H,1-3H2. The minimum atomic E-state index is -8.18. The molecule has 7 atom stereocenters. The van der Waals surface area contributed by atoms with Gasteiger partial charge in [-0.15, -0.1) is 0 Å². The molecule has 0 aromatic carbocycles. The molecule has 3 rings (SSSR count). The van der Waals surface area contributed by atoms with Gasteiger partial charge in [-0.2, -0.15) is 96.6 Å². The van der Waals surface area contributed by atoms with Crippen molar-refractivity contribution >= 4 is 0 Å². The van der Waals surface area contributed by atoms with E-state index >= 15 is 26.3 Å². The summed E-state index contributed by atoms with van der Waals surface area (Å²) in [5.74, 6) is -64.0. The van der Waals surface area contributed by atoms with E-state index in [2.05, 4.69) is 0 Å². The summed E-state index contributed by atoms with van der Waals surface area (Å²) in [5, 5.41) is 0. The Balaban J connectivity index is 2.33. The van der Waals surface area contributed by atoms with Crippen molar-refractivity contribution in [1.29, 1.82) is 0 Å². The molecule has 3 aliphatic heterocycles. The summed E-state index contributed by atoms with van der Waals surface area (Å²) in [6, 6.07) is 0. The molecular formula is C20H7F29O3. The van der Waals surface area contributed by atoms with E-state index in [0.717, 1.165) is 0 Å². The lowest BCUT2D eigenvalue weighted by atomic mass is 9.74. The third-order valence-corrected chi connectivity index (χ3v) is 7.88. The maximum atomic E-state index is 15.6. The average Bonchev–Trinajstić information content (AvgIpc) is 3.13. The molecule has 0 bridgehead atoms. The second-order valence-corrected chi connectivity index (χ2v) is 11.3. The molecule has 0 aromatic heterocycles. The number of hydrogen-bond donors (Lipinski definition) is 0. The first-order chi connectivity index (χ1) is 22.1. The largest absolute Gasteiger partial charge is 0.459 e. The third kappa shape index (κ3) is 5.01. The third-order valence-electron chi connectivity index (χ3n) is 7.88. The fourth-order valence-electron chi connectivity index (χ4n) is 5.28. The van der Waals surface area contributed by atoms with Crippen molar-refractivity contribution in [3.63, 3.8) is 0 Å². The fourth-order valence-corrected chi connectivity index (χ4v) is 5.28. The number of ether oxygens (including phenoxy) is 3. The van der Waals surface area contributed by atoms with Crippen molar-refractivity contribution in [3.8, 4) is 0 Å². The van der Waals surface area contributed by atoms with Crippen molar-refractivity contribution in [2.24, 2.45) is 0 Å². The van der Waals surface area contributed by atoms with E-state index in [1.54, 1.807) is 0 Å². The SMILES string of the molecule is FC1C(F)(F)OC(F)(C(F)(F)C(F)(F)F)C1(F)CC(F)(F)C1(F)OC(F)(F)C(F)(F)C1(F)CC(F)(F)C1(F)OC(F)(F)C(F)(F)C1(F)CC(F)(F)F. The van der Waals surface area contributed by atoms with Gasteiger partial charge in [-0.25, -0.2) is 30.7 Å². The van der Waals surface area contributed by atoms with E-state index in [9.17, 15) is 101 Å². The lowest BCUT2D eigenvalue weighted by Crippen LogP contribution is -2.71. The predicted octanol–water partition coefficient (Wildman–Crippen LogP) is 9.79. The predicted molar refractivity (Wildman–Crippen MR) is 96.7 cm³/mol. The van der Waals surface area contributed by atoms with Gasteiger partial charge in [0.1, 0.15) is 0 Å². The lowest BCUT2D eigenvalue weighted by Gasteiger charge is -2.45. The first kappa shape index (κ1) is 44.2. The van der Waals surface area contributed by atoms with Crippen LogP contribution in [0.1, 0.15) is 19.3 Å². The van der Waals surface area contributed by atoms with Gasteiger partial charge in [-0.05, 0) is 0 Å². The molecule has 3 saturated heterocycles. The topological polar surface area (TPSA) is 27.7 Å². The van der Waals surface area contributed by atoms with Crippen LogP contribution in [0.3, 0.4) is 0 Å². The van der Waals surface area contributed by atoms with Gasteiger partial charge in [0.2, 0.25) is 11.8 Å². The Morgan fingerprint density at radius 3 is 1.08 bits per heavy atom. The number of rotatable bonds is 8. The van der Waals surface area contributed by atoms with Crippen molar-refractivity contribution in [3.05, 3.63) is 0 Å². The van der Waals surface area contributed by atoms with Gasteiger partial charge in [-0.1, -0.05) is 0 Å². The van der Waals surface area contributed by atoms with Crippen LogP contribution in [0.2, 0.25) is 0 Å². The van der Waals surface area contributed by atoms with Crippen LogP contribution in [0, 0.1) is 0 Å². The second-order valence-electron chi connectivity index (χ2n) is 11.3. The zero-order valence-corrected chi connectivity index (χ0v) is 22.9. The normalized spacial score (nSPS) is 41.8. The van der Waals surface area contributed by atoms with Crippen LogP contribution in [-0.2, 0) is 14.2 Å². The molecule has 7 unspecified atom stereocenters. The number of hydrogen-bond acceptors (Lipinski definition) is 3. The Bertz CT molecular complexity index is 1420. The smallest absolute Gasteiger partial charge is 0.271 e. The minimum absolute atomic E-state index is 1.86. The van der Waals surface area contributed by atoms with Crippen LogP contribution >= 0.6 is 0 Å². The fraction of sp³-hybridized carbons (Fsp3) is 1.00. The summed E-state index contributed by atoms with van der Waals surface area (Å²) in [7, 11) is 0. The van der Waals surface area contributed by atoms with E-state index in [0.29, 0.717) is 0 Å². The molecule has 3 aliphatic rings. The molecule has 0 aromatic rings. The molecule has 0 N–H and O–H groups in total. The Labute approximate surface area is 263 Å². The number of halogens is 29. The first-order valence-electron chi connectivity index (χ1n) is 12.2. The zero-order valence-electron chi connectivity index (χ0n) is 22.9. The van der Waals surface area contributed by atoms with E-state index in [1.165, 1.54) is 0 Å². The highest BCUT2D eigenvalue weighted by Crippen LogP contribution is 2.73. The van der Waals surface area contributed by atoms with Crippen molar-refractivity contribution in [2.75, 3.05) is 0 Å². The molecule has 0 radical (unpaired) electrons. The molecule has 0 amide bonds. The molecule has 308 valence electrons. The molecule has 52 heavy (non-hydrogen) atoms. The Kier molecular flexibility index (Phi) is 9.00. The van der Waals surface area contributed by atoms with Crippen molar-refractivity contribution < 1.29 is 142 Å². The van der Waals surface area contributed by atoms with Crippen LogP contribution < -0.4 is 0 Å². The second kappa shape index (κ2) is 10.6.